The molecule has 2 aromatic carbocycles. The third kappa shape index (κ3) is 9.07. The molecule has 8 heteroatoms. The molecule has 3 rings (SSSR count). The van der Waals surface area contributed by atoms with Crippen molar-refractivity contribution in [3.63, 3.8) is 0 Å². The average Bonchev–Trinajstić information content (AvgIpc) is 2.82. The van der Waals surface area contributed by atoms with Crippen LogP contribution in [0.2, 0.25) is 0 Å². The summed E-state index contributed by atoms with van der Waals surface area (Å²) in [6.07, 6.45) is 0. The lowest BCUT2D eigenvalue weighted by molar-refractivity contribution is 0.475. The average molecular weight is 443 g/mol. The molecular weight excluding hydrogens is 404 g/mol. The van der Waals surface area contributed by atoms with Crippen LogP contribution in [0.4, 0.5) is 23.5 Å². The second-order valence-electron chi connectivity index (χ2n) is 6.41. The molecular formula is C24H38N6O2. The standard InChI is InChI=1S/C14H20N6O.C6H6O.2C2H6/c1-18(2)12-15-13(19(3)4)17-14(16-12)20(5)10-8-6-7-9-11(10)21;7-6-4-2-1-3-5-6;2*1-2/h6-9,21H,1-5H3;1-5,7H;2*1-2H3. The number of phenols is 2. The van der Waals surface area contributed by atoms with Crippen molar-refractivity contribution in [2.45, 2.75) is 27.7 Å². The van der Waals surface area contributed by atoms with Crippen LogP contribution in [-0.4, -0.2) is 60.4 Å². The molecule has 176 valence electrons. The molecule has 0 unspecified atom stereocenters. The van der Waals surface area contributed by atoms with Crippen LogP contribution in [0.15, 0.2) is 54.6 Å². The van der Waals surface area contributed by atoms with Gasteiger partial charge in [0, 0.05) is 35.2 Å². The van der Waals surface area contributed by atoms with Gasteiger partial charge in [0.15, 0.2) is 0 Å². The van der Waals surface area contributed by atoms with Crippen LogP contribution < -0.4 is 14.7 Å². The molecule has 0 fully saturated rings. The Kier molecular flexibility index (Phi) is 13.6. The normalized spacial score (nSPS) is 9.03. The molecule has 2 N–H and O–H groups in total. The summed E-state index contributed by atoms with van der Waals surface area (Å²) in [5.41, 5.74) is 0.637. The number of rotatable bonds is 4. The van der Waals surface area contributed by atoms with Crippen LogP contribution in [0.1, 0.15) is 27.7 Å². The van der Waals surface area contributed by atoms with Gasteiger partial charge in [-0.25, -0.2) is 0 Å². The molecule has 0 aliphatic carbocycles. The Bertz CT molecular complexity index is 862. The molecule has 0 saturated heterocycles. The van der Waals surface area contributed by atoms with Crippen LogP contribution in [0, 0.1) is 0 Å². The Morgan fingerprint density at radius 1 is 0.562 bits per heavy atom. The van der Waals surface area contributed by atoms with Crippen molar-refractivity contribution in [1.82, 2.24) is 15.0 Å². The smallest absolute Gasteiger partial charge is 0.236 e. The van der Waals surface area contributed by atoms with Crippen LogP contribution in [0.3, 0.4) is 0 Å². The summed E-state index contributed by atoms with van der Waals surface area (Å²) >= 11 is 0. The summed E-state index contributed by atoms with van der Waals surface area (Å²) < 4.78 is 0. The van der Waals surface area contributed by atoms with E-state index in [-0.39, 0.29) is 5.75 Å². The predicted octanol–water partition coefficient (Wildman–Crippen LogP) is 4.92. The predicted molar refractivity (Wildman–Crippen MR) is 135 cm³/mol. The molecule has 3 aromatic rings. The van der Waals surface area contributed by atoms with Gasteiger partial charge in [-0.1, -0.05) is 58.0 Å². The van der Waals surface area contributed by atoms with Crippen molar-refractivity contribution in [3.8, 4) is 11.5 Å². The molecule has 0 atom stereocenters. The van der Waals surface area contributed by atoms with Crippen LogP contribution in [0.25, 0.3) is 0 Å². The first-order valence-corrected chi connectivity index (χ1v) is 10.7. The molecule has 1 heterocycles. The Morgan fingerprint density at radius 2 is 0.969 bits per heavy atom. The van der Waals surface area contributed by atoms with Gasteiger partial charge in [0.1, 0.15) is 11.5 Å². The number of benzene rings is 2. The lowest BCUT2D eigenvalue weighted by Crippen LogP contribution is -2.22. The molecule has 0 aliphatic rings. The summed E-state index contributed by atoms with van der Waals surface area (Å²) in [6.45, 7) is 8.00. The van der Waals surface area contributed by atoms with E-state index in [1.165, 1.54) is 0 Å². The summed E-state index contributed by atoms with van der Waals surface area (Å²) in [7, 11) is 9.30. The number of anilines is 4. The van der Waals surface area contributed by atoms with Crippen LogP contribution in [0.5, 0.6) is 11.5 Å². The number of hydrogen-bond acceptors (Lipinski definition) is 8. The van der Waals surface area contributed by atoms with Crippen molar-refractivity contribution in [1.29, 1.82) is 0 Å². The van der Waals surface area contributed by atoms with Crippen molar-refractivity contribution in [2.75, 3.05) is 49.9 Å². The summed E-state index contributed by atoms with van der Waals surface area (Å²) in [5.74, 6) is 2.09. The fourth-order valence-corrected chi connectivity index (χ4v) is 2.18. The number of phenolic OH excluding ortho intramolecular Hbond substituents is 2. The fraction of sp³-hybridized carbons (Fsp3) is 0.375. The van der Waals surface area contributed by atoms with Gasteiger partial charge < -0.3 is 24.9 Å². The summed E-state index contributed by atoms with van der Waals surface area (Å²) in [6, 6.07) is 15.8. The van der Waals surface area contributed by atoms with E-state index in [0.29, 0.717) is 29.3 Å². The number of aromatic nitrogens is 3. The monoisotopic (exact) mass is 442 g/mol. The van der Waals surface area contributed by atoms with Gasteiger partial charge in [-0.05, 0) is 24.3 Å². The van der Waals surface area contributed by atoms with Gasteiger partial charge in [-0.2, -0.15) is 15.0 Å². The second-order valence-corrected chi connectivity index (χ2v) is 6.41. The van der Waals surface area contributed by atoms with Gasteiger partial charge in [0.25, 0.3) is 0 Å². The first-order chi connectivity index (χ1) is 15.3. The maximum Gasteiger partial charge on any atom is 0.236 e. The molecule has 0 amide bonds. The Labute approximate surface area is 192 Å². The molecule has 0 aliphatic heterocycles. The minimum atomic E-state index is 0.179. The lowest BCUT2D eigenvalue weighted by atomic mass is 10.3. The quantitative estimate of drug-likeness (QED) is 0.588. The minimum absolute atomic E-state index is 0.179. The van der Waals surface area contributed by atoms with Gasteiger partial charge >= 0.3 is 0 Å². The zero-order valence-corrected chi connectivity index (χ0v) is 20.8. The van der Waals surface area contributed by atoms with Gasteiger partial charge in [-0.15, -0.1) is 0 Å². The zero-order chi connectivity index (χ0) is 24.7. The van der Waals surface area contributed by atoms with E-state index in [1.807, 2.05) is 90.9 Å². The van der Waals surface area contributed by atoms with E-state index in [0.717, 1.165) is 0 Å². The number of para-hydroxylation sites is 3. The van der Waals surface area contributed by atoms with E-state index < -0.39 is 0 Å². The third-order valence-electron chi connectivity index (χ3n) is 3.70. The van der Waals surface area contributed by atoms with Gasteiger partial charge in [0.2, 0.25) is 17.8 Å². The highest BCUT2D eigenvalue weighted by Gasteiger charge is 2.15. The van der Waals surface area contributed by atoms with Crippen molar-refractivity contribution in [3.05, 3.63) is 54.6 Å². The molecule has 0 saturated carbocycles. The Balaban J connectivity index is 0.000000727. The van der Waals surface area contributed by atoms with E-state index in [4.69, 9.17) is 5.11 Å². The Hall–Kier alpha value is -3.55. The minimum Gasteiger partial charge on any atom is -0.508 e. The fourth-order valence-electron chi connectivity index (χ4n) is 2.18. The number of aromatic hydroxyl groups is 2. The van der Waals surface area contributed by atoms with Crippen LogP contribution >= 0.6 is 0 Å². The summed E-state index contributed by atoms with van der Waals surface area (Å²) in [4.78, 5) is 18.6. The molecule has 0 spiro atoms. The van der Waals surface area contributed by atoms with Crippen molar-refractivity contribution in [2.24, 2.45) is 0 Å². The maximum absolute atomic E-state index is 9.97. The molecule has 32 heavy (non-hydrogen) atoms. The number of nitrogens with zero attached hydrogens (tertiary/aromatic N) is 6. The van der Waals surface area contributed by atoms with Crippen LogP contribution in [-0.2, 0) is 0 Å². The van der Waals surface area contributed by atoms with E-state index >= 15 is 0 Å². The highest BCUT2D eigenvalue weighted by Crippen LogP contribution is 2.30. The highest BCUT2D eigenvalue weighted by molar-refractivity contribution is 5.65. The zero-order valence-electron chi connectivity index (χ0n) is 20.8. The van der Waals surface area contributed by atoms with E-state index in [2.05, 4.69) is 15.0 Å². The van der Waals surface area contributed by atoms with Gasteiger partial charge in [0.05, 0.1) is 5.69 Å². The third-order valence-corrected chi connectivity index (χ3v) is 3.70. The molecule has 0 radical (unpaired) electrons. The maximum atomic E-state index is 9.97. The SMILES string of the molecule is CC.CC.CN(C)c1nc(N(C)C)nc(N(C)c2ccccc2O)n1.Oc1ccccc1. The van der Waals surface area contributed by atoms with Crippen molar-refractivity contribution < 1.29 is 10.2 Å². The number of hydrogen-bond donors (Lipinski definition) is 2. The first kappa shape index (κ1) is 28.5. The van der Waals surface area contributed by atoms with E-state index in [1.54, 1.807) is 41.3 Å². The molecule has 8 nitrogen and oxygen atoms in total. The summed E-state index contributed by atoms with van der Waals surface area (Å²) in [5, 5.41) is 18.6. The largest absolute Gasteiger partial charge is 0.508 e. The second kappa shape index (κ2) is 15.3. The first-order valence-electron chi connectivity index (χ1n) is 10.7. The van der Waals surface area contributed by atoms with E-state index in [9.17, 15) is 5.11 Å². The topological polar surface area (TPSA) is 88.9 Å². The molecule has 0 bridgehead atoms. The Morgan fingerprint density at radius 3 is 1.34 bits per heavy atom. The van der Waals surface area contributed by atoms with Gasteiger partial charge in [-0.3, -0.25) is 0 Å². The highest BCUT2D eigenvalue weighted by atomic mass is 16.3. The lowest BCUT2D eigenvalue weighted by Gasteiger charge is -2.22. The van der Waals surface area contributed by atoms with Crippen molar-refractivity contribution >= 4 is 23.5 Å². The molecule has 1 aromatic heterocycles.